The molecule has 192 valence electrons. The molecule has 5 rings (SSSR count). The van der Waals surface area contributed by atoms with Gasteiger partial charge in [0, 0.05) is 49.4 Å². The summed E-state index contributed by atoms with van der Waals surface area (Å²) < 4.78 is 42.2. The first-order chi connectivity index (χ1) is 17.4. The third kappa shape index (κ3) is 5.37. The van der Waals surface area contributed by atoms with Crippen molar-refractivity contribution >= 4 is 5.69 Å². The Labute approximate surface area is 210 Å². The summed E-state index contributed by atoms with van der Waals surface area (Å²) in [6, 6.07) is 12.5. The van der Waals surface area contributed by atoms with Crippen LogP contribution in [0, 0.1) is 11.6 Å². The Morgan fingerprint density at radius 2 is 1.86 bits per heavy atom. The van der Waals surface area contributed by atoms with E-state index in [-0.39, 0.29) is 12.7 Å². The van der Waals surface area contributed by atoms with Gasteiger partial charge in [0.25, 0.3) is 0 Å². The van der Waals surface area contributed by atoms with E-state index in [0.29, 0.717) is 31.2 Å². The van der Waals surface area contributed by atoms with Crippen molar-refractivity contribution in [3.63, 3.8) is 0 Å². The lowest BCUT2D eigenvalue weighted by Crippen LogP contribution is -2.48. The lowest BCUT2D eigenvalue weighted by atomic mass is 9.78. The summed E-state index contributed by atoms with van der Waals surface area (Å²) in [5, 5.41) is 4.19. The van der Waals surface area contributed by atoms with Crippen LogP contribution in [-0.4, -0.2) is 71.2 Å². The quantitative estimate of drug-likeness (QED) is 0.471. The van der Waals surface area contributed by atoms with Gasteiger partial charge in [-0.15, -0.1) is 0 Å². The summed E-state index contributed by atoms with van der Waals surface area (Å²) in [5.74, 6) is -0.411. The highest BCUT2D eigenvalue weighted by Gasteiger charge is 2.44. The van der Waals surface area contributed by atoms with Crippen molar-refractivity contribution in [2.45, 2.75) is 44.4 Å². The molecule has 0 N–H and O–H groups in total. The molecule has 2 saturated heterocycles. The van der Waals surface area contributed by atoms with Gasteiger partial charge in [0.15, 0.2) is 0 Å². The zero-order valence-corrected chi connectivity index (χ0v) is 20.8. The molecule has 0 bridgehead atoms. The van der Waals surface area contributed by atoms with Crippen LogP contribution in [0.1, 0.15) is 25.8 Å². The topological polar surface area (TPSA) is 55.7 Å². The number of hydrogen-bond donors (Lipinski definition) is 0. The van der Waals surface area contributed by atoms with E-state index < -0.39 is 17.0 Å². The van der Waals surface area contributed by atoms with Crippen molar-refractivity contribution < 1.29 is 18.3 Å². The highest BCUT2D eigenvalue weighted by molar-refractivity contribution is 5.49. The zero-order valence-electron chi connectivity index (χ0n) is 20.8. The molecule has 2 aromatic carbocycles. The monoisotopic (exact) mass is 497 g/mol. The number of piperazine rings is 1. The van der Waals surface area contributed by atoms with Crippen LogP contribution < -0.4 is 9.64 Å². The Kier molecular flexibility index (Phi) is 7.20. The summed E-state index contributed by atoms with van der Waals surface area (Å²) in [5.41, 5.74) is 0.923. The van der Waals surface area contributed by atoms with Gasteiger partial charge in [0.1, 0.15) is 36.6 Å². The van der Waals surface area contributed by atoms with E-state index in [1.807, 2.05) is 12.1 Å². The average Bonchev–Trinajstić information content (AvgIpc) is 3.54. The molecule has 36 heavy (non-hydrogen) atoms. The van der Waals surface area contributed by atoms with Gasteiger partial charge in [-0.3, -0.25) is 9.58 Å². The number of benzene rings is 2. The van der Waals surface area contributed by atoms with Crippen molar-refractivity contribution in [3.8, 4) is 5.75 Å². The molecule has 2 fully saturated rings. The van der Waals surface area contributed by atoms with Gasteiger partial charge in [-0.25, -0.2) is 13.8 Å². The molecular weight excluding hydrogens is 464 g/mol. The predicted molar refractivity (Wildman–Crippen MR) is 133 cm³/mol. The molecule has 9 heteroatoms. The van der Waals surface area contributed by atoms with Crippen LogP contribution in [0.4, 0.5) is 14.5 Å². The van der Waals surface area contributed by atoms with Crippen LogP contribution in [-0.2, 0) is 16.7 Å². The number of halogens is 2. The van der Waals surface area contributed by atoms with Gasteiger partial charge in [-0.05, 0) is 56.2 Å². The van der Waals surface area contributed by atoms with E-state index >= 15 is 0 Å². The SMILES string of the molecule is CC(C)N1CCN(c2ccc(OC[C@@H]3C[C@@](Cn4cncn4)(c4ccc(F)cc4F)CO3)cc2)CC1. The smallest absolute Gasteiger partial charge is 0.137 e. The largest absolute Gasteiger partial charge is 0.491 e. The van der Waals surface area contributed by atoms with Crippen LogP contribution in [0.5, 0.6) is 5.75 Å². The highest BCUT2D eigenvalue weighted by Crippen LogP contribution is 2.39. The second-order valence-electron chi connectivity index (χ2n) is 10.1. The maximum Gasteiger partial charge on any atom is 0.137 e. The van der Waals surface area contributed by atoms with E-state index in [9.17, 15) is 8.78 Å². The van der Waals surface area contributed by atoms with E-state index in [1.165, 1.54) is 24.1 Å². The summed E-state index contributed by atoms with van der Waals surface area (Å²) in [7, 11) is 0. The summed E-state index contributed by atoms with van der Waals surface area (Å²) in [4.78, 5) is 8.90. The van der Waals surface area contributed by atoms with Crippen LogP contribution in [0.3, 0.4) is 0 Å². The maximum atomic E-state index is 14.8. The Hall–Kier alpha value is -3.04. The number of nitrogens with zero attached hydrogens (tertiary/aromatic N) is 5. The molecule has 2 aliphatic heterocycles. The average molecular weight is 498 g/mol. The van der Waals surface area contributed by atoms with E-state index in [2.05, 4.69) is 45.9 Å². The third-order valence-electron chi connectivity index (χ3n) is 7.33. The molecule has 0 spiro atoms. The second kappa shape index (κ2) is 10.5. The molecule has 7 nitrogen and oxygen atoms in total. The molecule has 1 aromatic heterocycles. The number of rotatable bonds is 8. The number of hydrogen-bond acceptors (Lipinski definition) is 6. The van der Waals surface area contributed by atoms with Crippen LogP contribution >= 0.6 is 0 Å². The highest BCUT2D eigenvalue weighted by atomic mass is 19.1. The first-order valence-electron chi connectivity index (χ1n) is 12.5. The maximum absolute atomic E-state index is 14.8. The molecule has 0 unspecified atom stereocenters. The van der Waals surface area contributed by atoms with Crippen LogP contribution in [0.15, 0.2) is 55.1 Å². The van der Waals surface area contributed by atoms with Gasteiger partial charge in [0.05, 0.1) is 19.3 Å². The molecule has 0 radical (unpaired) electrons. The predicted octanol–water partition coefficient (Wildman–Crippen LogP) is 3.89. The van der Waals surface area contributed by atoms with Gasteiger partial charge < -0.3 is 14.4 Å². The van der Waals surface area contributed by atoms with E-state index in [0.717, 1.165) is 38.0 Å². The van der Waals surface area contributed by atoms with Crippen LogP contribution in [0.25, 0.3) is 0 Å². The molecule has 2 atom stereocenters. The third-order valence-corrected chi connectivity index (χ3v) is 7.33. The van der Waals surface area contributed by atoms with E-state index in [4.69, 9.17) is 9.47 Å². The van der Waals surface area contributed by atoms with Crippen molar-refractivity contribution in [1.82, 2.24) is 19.7 Å². The molecular formula is C27H33F2N5O2. The Bertz CT molecular complexity index is 1130. The molecule has 0 saturated carbocycles. The second-order valence-corrected chi connectivity index (χ2v) is 10.1. The lowest BCUT2D eigenvalue weighted by Gasteiger charge is -2.38. The molecule has 2 aliphatic rings. The van der Waals surface area contributed by atoms with Crippen molar-refractivity contribution in [1.29, 1.82) is 0 Å². The van der Waals surface area contributed by atoms with Gasteiger partial charge in [0.2, 0.25) is 0 Å². The van der Waals surface area contributed by atoms with Crippen LogP contribution in [0.2, 0.25) is 0 Å². The fraction of sp³-hybridized carbons (Fsp3) is 0.481. The summed E-state index contributed by atoms with van der Waals surface area (Å²) >= 11 is 0. The standard InChI is InChI=1S/C27H33F2N5O2/c1-20(2)32-9-11-33(12-10-32)22-4-6-23(7-5-22)35-15-24-14-27(17-36-24,16-34-19-30-18-31-34)25-8-3-21(28)13-26(25)29/h3-8,13,18-20,24H,9-12,14-17H2,1-2H3/t24-,27-/m0/s1. The Balaban J connectivity index is 1.21. The number of anilines is 1. The lowest BCUT2D eigenvalue weighted by molar-refractivity contribution is 0.0634. The number of ether oxygens (including phenoxy) is 2. The van der Waals surface area contributed by atoms with Gasteiger partial charge in [-0.2, -0.15) is 5.10 Å². The molecule has 3 heterocycles. The molecule has 0 aliphatic carbocycles. The van der Waals surface area contributed by atoms with Gasteiger partial charge >= 0.3 is 0 Å². The number of aromatic nitrogens is 3. The van der Waals surface area contributed by atoms with Gasteiger partial charge in [-0.1, -0.05) is 6.07 Å². The summed E-state index contributed by atoms with van der Waals surface area (Å²) in [6.07, 6.45) is 3.32. The van der Waals surface area contributed by atoms with E-state index in [1.54, 1.807) is 11.0 Å². The first kappa shape index (κ1) is 24.6. The molecule has 0 amide bonds. The fourth-order valence-electron chi connectivity index (χ4n) is 5.30. The molecule has 3 aromatic rings. The van der Waals surface area contributed by atoms with Crippen molar-refractivity contribution in [3.05, 3.63) is 72.3 Å². The fourth-order valence-corrected chi connectivity index (χ4v) is 5.30. The first-order valence-corrected chi connectivity index (χ1v) is 12.5. The minimum absolute atomic E-state index is 0.234. The minimum Gasteiger partial charge on any atom is -0.491 e. The summed E-state index contributed by atoms with van der Waals surface area (Å²) in [6.45, 7) is 9.66. The minimum atomic E-state index is -0.693. The normalized spacial score (nSPS) is 22.9. The Morgan fingerprint density at radius 1 is 1.08 bits per heavy atom. The Morgan fingerprint density at radius 3 is 2.53 bits per heavy atom. The van der Waals surface area contributed by atoms with Crippen molar-refractivity contribution in [2.75, 3.05) is 44.3 Å². The van der Waals surface area contributed by atoms with Crippen molar-refractivity contribution in [2.24, 2.45) is 0 Å². The zero-order chi connectivity index (χ0) is 25.1.